The van der Waals surface area contributed by atoms with Crippen molar-refractivity contribution in [2.24, 2.45) is 17.1 Å². The number of hydrazine groups is 1. The molecule has 2 aromatic carbocycles. The van der Waals surface area contributed by atoms with E-state index in [1.54, 1.807) is 0 Å². The van der Waals surface area contributed by atoms with E-state index < -0.39 is 0 Å². The molecular weight excluding hydrogens is 735 g/mol. The molecule has 324 valence electrons. The Morgan fingerprint density at radius 2 is 1.75 bits per heavy atom. The van der Waals surface area contributed by atoms with Crippen LogP contribution in [-0.2, 0) is 19.4 Å². The molecule has 1 saturated heterocycles. The van der Waals surface area contributed by atoms with Crippen LogP contribution in [0.5, 0.6) is 0 Å². The van der Waals surface area contributed by atoms with Gasteiger partial charge in [-0.15, -0.1) is 6.58 Å². The van der Waals surface area contributed by atoms with Crippen LogP contribution in [0.25, 0.3) is 33.3 Å². The molecule has 0 radical (unpaired) electrons. The van der Waals surface area contributed by atoms with Gasteiger partial charge in [0.15, 0.2) is 0 Å². The van der Waals surface area contributed by atoms with E-state index in [9.17, 15) is 0 Å². The number of aryl methyl sites for hydroxylation is 1. The Morgan fingerprint density at radius 1 is 1.00 bits per heavy atom. The van der Waals surface area contributed by atoms with E-state index in [1.165, 1.54) is 56.5 Å². The third-order valence-corrected chi connectivity index (χ3v) is 13.0. The number of aromatic nitrogens is 2. The fourth-order valence-corrected chi connectivity index (χ4v) is 9.24. The predicted molar refractivity (Wildman–Crippen MR) is 259 cm³/mol. The van der Waals surface area contributed by atoms with Gasteiger partial charge in [-0.2, -0.15) is 0 Å². The highest BCUT2D eigenvalue weighted by Crippen LogP contribution is 2.43. The maximum Gasteiger partial charge on any atom is 0.0707 e. The van der Waals surface area contributed by atoms with Crippen LogP contribution in [0.3, 0.4) is 0 Å². The number of nitrogens with two attached hydrogens (primary N) is 1. The number of pyridine rings is 1. The lowest BCUT2D eigenvalue weighted by Crippen LogP contribution is -2.51. The molecule has 7 heteroatoms. The van der Waals surface area contributed by atoms with Crippen molar-refractivity contribution in [1.82, 2.24) is 30.2 Å². The van der Waals surface area contributed by atoms with Crippen LogP contribution in [0.1, 0.15) is 117 Å². The van der Waals surface area contributed by atoms with Crippen LogP contribution in [0.2, 0.25) is 0 Å². The van der Waals surface area contributed by atoms with E-state index in [-0.39, 0.29) is 29.5 Å². The molecule has 0 saturated carbocycles. The van der Waals surface area contributed by atoms with Crippen LogP contribution in [0.15, 0.2) is 110 Å². The minimum atomic E-state index is -0.0983. The Kier molecular flexibility index (Phi) is 16.1. The smallest absolute Gasteiger partial charge is 0.0707 e. The molecule has 1 aliphatic rings. The van der Waals surface area contributed by atoms with E-state index in [4.69, 9.17) is 10.7 Å². The van der Waals surface area contributed by atoms with Gasteiger partial charge in [0, 0.05) is 72.5 Å². The van der Waals surface area contributed by atoms with Crippen molar-refractivity contribution in [3.8, 4) is 22.4 Å². The normalized spacial score (nSPS) is 15.4. The second kappa shape index (κ2) is 20.8. The Bertz CT molecular complexity index is 2100. The van der Waals surface area contributed by atoms with Gasteiger partial charge >= 0.3 is 0 Å². The number of nitrogens with zero attached hydrogens (tertiary/aromatic N) is 4. The summed E-state index contributed by atoms with van der Waals surface area (Å²) in [5.41, 5.74) is 23.2. The summed E-state index contributed by atoms with van der Waals surface area (Å²) in [4.78, 5) is 7.22. The number of hydrogen-bond acceptors (Lipinski definition) is 6. The zero-order valence-corrected chi connectivity index (χ0v) is 38.7. The zero-order chi connectivity index (χ0) is 43.7. The Hall–Kier alpha value is -4.59. The molecule has 1 fully saturated rings. The molecule has 5 rings (SSSR count). The van der Waals surface area contributed by atoms with E-state index in [0.717, 1.165) is 81.7 Å². The number of likely N-dealkylation sites (N-methyl/N-ethyl adjacent to an activating group) is 1. The van der Waals surface area contributed by atoms with Gasteiger partial charge in [-0.3, -0.25) is 4.98 Å². The molecule has 60 heavy (non-hydrogen) atoms. The van der Waals surface area contributed by atoms with Gasteiger partial charge in [-0.1, -0.05) is 105 Å². The standard InChI is InChI=1S/C53H77N7/c1-14-18-28-53(11,12)35-46-45-34-43(26-27-49(45)59(17-4)52(46)44-25-22-29-55-50(44)37(7)15-2)42-24-21-23-41(32-42)33-48(40(10)60-31-20-19-30-56-60)57-38(8)51(36(5)6)58(13)39(9)47(54)16-3/h14,21-27,29,32,34,36-37,47-48,51,56-57H,1,8-10,15-20,28,30-31,33,35,54H2,2-7,11-13H3/t37?,47-,48?,51?/m0/s1. The van der Waals surface area contributed by atoms with Crippen molar-refractivity contribution in [2.75, 3.05) is 20.1 Å². The summed E-state index contributed by atoms with van der Waals surface area (Å²) in [6.07, 6.45) is 12.0. The molecule has 0 spiro atoms. The molecule has 0 amide bonds. The van der Waals surface area contributed by atoms with Crippen molar-refractivity contribution < 1.29 is 0 Å². The summed E-state index contributed by atoms with van der Waals surface area (Å²) in [5, 5.41) is 7.47. The number of hydrogen-bond donors (Lipinski definition) is 3. The van der Waals surface area contributed by atoms with Crippen LogP contribution < -0.4 is 16.5 Å². The van der Waals surface area contributed by atoms with Gasteiger partial charge in [0.1, 0.15) is 0 Å². The average molecular weight is 812 g/mol. The molecule has 4 aromatic rings. The maximum atomic E-state index is 6.49. The summed E-state index contributed by atoms with van der Waals surface area (Å²) in [7, 11) is 2.10. The quantitative estimate of drug-likeness (QED) is 0.0687. The van der Waals surface area contributed by atoms with Gasteiger partial charge in [0.2, 0.25) is 0 Å². The monoisotopic (exact) mass is 812 g/mol. The largest absolute Gasteiger partial charge is 0.378 e. The molecule has 7 nitrogen and oxygen atoms in total. The second-order valence-electron chi connectivity index (χ2n) is 18.4. The lowest BCUT2D eigenvalue weighted by Gasteiger charge is -2.40. The highest BCUT2D eigenvalue weighted by Gasteiger charge is 2.30. The molecule has 4 N–H and O–H groups in total. The molecule has 4 atom stereocenters. The van der Waals surface area contributed by atoms with Crippen molar-refractivity contribution >= 4 is 10.9 Å². The van der Waals surface area contributed by atoms with Crippen molar-refractivity contribution in [3.63, 3.8) is 0 Å². The molecule has 0 bridgehead atoms. The van der Waals surface area contributed by atoms with E-state index in [1.807, 2.05) is 6.20 Å². The molecule has 3 unspecified atom stereocenters. The van der Waals surface area contributed by atoms with Gasteiger partial charge in [0.05, 0.1) is 23.5 Å². The molecular formula is C53H77N7. The fourth-order valence-electron chi connectivity index (χ4n) is 9.24. The van der Waals surface area contributed by atoms with Crippen LogP contribution in [0.4, 0.5) is 0 Å². The summed E-state index contributed by atoms with van der Waals surface area (Å²) in [5.74, 6) is 0.647. The van der Waals surface area contributed by atoms with Crippen LogP contribution in [-0.4, -0.2) is 57.7 Å². The fraction of sp³-hybridized carbons (Fsp3) is 0.491. The number of rotatable bonds is 22. The van der Waals surface area contributed by atoms with Gasteiger partial charge in [-0.25, -0.2) is 5.43 Å². The Morgan fingerprint density at radius 3 is 2.40 bits per heavy atom. The highest BCUT2D eigenvalue weighted by molar-refractivity contribution is 5.95. The molecule has 1 aliphatic heterocycles. The highest BCUT2D eigenvalue weighted by atomic mass is 15.5. The minimum absolute atomic E-state index is 0.0157. The first-order valence-corrected chi connectivity index (χ1v) is 22.8. The summed E-state index contributed by atoms with van der Waals surface area (Å²) < 4.78 is 2.54. The van der Waals surface area contributed by atoms with Gasteiger partial charge < -0.3 is 25.5 Å². The zero-order valence-electron chi connectivity index (χ0n) is 38.7. The van der Waals surface area contributed by atoms with E-state index in [2.05, 4.69) is 175 Å². The number of allylic oxidation sites excluding steroid dienone is 1. The predicted octanol–water partition coefficient (Wildman–Crippen LogP) is 11.8. The van der Waals surface area contributed by atoms with Gasteiger partial charge in [0.25, 0.3) is 0 Å². The SMILES string of the molecule is C=CCCC(C)(C)Cc1c(-c2cccnc2C(C)CC)n(CC)c2ccc(-c3cccc(CC(NC(=C)C(C(C)C)N(C)C(=C)[C@@H](N)CC)C(=C)N4CCCCN4)c3)cc12. The third kappa shape index (κ3) is 10.6. The average Bonchev–Trinajstić information content (AvgIpc) is 3.55. The molecule has 3 heterocycles. The summed E-state index contributed by atoms with van der Waals surface area (Å²) >= 11 is 0. The van der Waals surface area contributed by atoms with Crippen LogP contribution >= 0.6 is 0 Å². The summed E-state index contributed by atoms with van der Waals surface area (Å²) in [6.45, 7) is 38.8. The van der Waals surface area contributed by atoms with Crippen LogP contribution in [0, 0.1) is 11.3 Å². The third-order valence-electron chi connectivity index (χ3n) is 13.0. The van der Waals surface area contributed by atoms with E-state index in [0.29, 0.717) is 5.92 Å². The first-order valence-electron chi connectivity index (χ1n) is 22.8. The van der Waals surface area contributed by atoms with Crippen molar-refractivity contribution in [2.45, 2.75) is 137 Å². The first-order chi connectivity index (χ1) is 28.7. The molecule has 2 aromatic heterocycles. The Balaban J connectivity index is 1.57. The number of nitrogens with one attached hydrogen (secondary N) is 2. The topological polar surface area (TPSA) is 74.4 Å². The summed E-state index contributed by atoms with van der Waals surface area (Å²) in [6, 6.07) is 20.4. The maximum absolute atomic E-state index is 6.49. The minimum Gasteiger partial charge on any atom is -0.378 e. The number of fused-ring (bicyclic) bond motifs is 1. The Labute approximate surface area is 363 Å². The van der Waals surface area contributed by atoms with Crippen molar-refractivity contribution in [1.29, 1.82) is 0 Å². The second-order valence-corrected chi connectivity index (χ2v) is 18.4. The van der Waals surface area contributed by atoms with E-state index >= 15 is 0 Å². The number of benzene rings is 2. The lowest BCUT2D eigenvalue weighted by atomic mass is 9.80. The first kappa shape index (κ1) is 46.5. The van der Waals surface area contributed by atoms with Gasteiger partial charge in [-0.05, 0) is 122 Å². The molecule has 0 aliphatic carbocycles. The van der Waals surface area contributed by atoms with Crippen molar-refractivity contribution in [3.05, 3.63) is 127 Å². The lowest BCUT2D eigenvalue weighted by molar-refractivity contribution is 0.185.